The molecule has 10 heteroatoms. The summed E-state index contributed by atoms with van der Waals surface area (Å²) in [5.41, 5.74) is 1.27. The lowest BCUT2D eigenvalue weighted by Gasteiger charge is -2.46. The highest BCUT2D eigenvalue weighted by Gasteiger charge is 2.60. The van der Waals surface area contributed by atoms with Crippen LogP contribution >= 0.6 is 0 Å². The number of fused-ring (bicyclic) bond motifs is 2. The van der Waals surface area contributed by atoms with Crippen molar-refractivity contribution in [2.45, 2.75) is 30.8 Å². The Labute approximate surface area is 149 Å². The summed E-state index contributed by atoms with van der Waals surface area (Å²) in [5, 5.41) is 18.4. The summed E-state index contributed by atoms with van der Waals surface area (Å²) in [4.78, 5) is 35.3. The van der Waals surface area contributed by atoms with E-state index in [-0.39, 0.29) is 17.5 Å². The molecule has 0 radical (unpaired) electrons. The molecule has 3 saturated heterocycles. The van der Waals surface area contributed by atoms with Crippen LogP contribution in [0, 0.1) is 5.92 Å². The van der Waals surface area contributed by atoms with Crippen LogP contribution in [0.5, 0.6) is 0 Å². The Bertz CT molecular complexity index is 707. The van der Waals surface area contributed by atoms with Crippen molar-refractivity contribution >= 4 is 17.9 Å². The van der Waals surface area contributed by atoms with Crippen LogP contribution in [0.4, 0.5) is 10.7 Å². The molecule has 0 spiro atoms. The van der Waals surface area contributed by atoms with Crippen LogP contribution in [-0.4, -0.2) is 75.1 Å². The van der Waals surface area contributed by atoms with Gasteiger partial charge in [0, 0.05) is 38.7 Å². The number of carbonyl (C=O) groups is 2. The van der Waals surface area contributed by atoms with Gasteiger partial charge in [-0.05, 0) is 25.2 Å². The number of ether oxygens (including phenoxy) is 1. The zero-order valence-corrected chi connectivity index (χ0v) is 14.2. The van der Waals surface area contributed by atoms with Gasteiger partial charge in [-0.3, -0.25) is 14.9 Å². The molecule has 0 saturated carbocycles. The van der Waals surface area contributed by atoms with Gasteiger partial charge in [0.2, 0.25) is 5.95 Å². The van der Waals surface area contributed by atoms with Crippen molar-refractivity contribution in [3.63, 3.8) is 0 Å². The third-order valence-corrected chi connectivity index (χ3v) is 5.88. The van der Waals surface area contributed by atoms with Gasteiger partial charge in [-0.15, -0.1) is 0 Å². The molecule has 1 aromatic heterocycles. The third kappa shape index (κ3) is 2.56. The first kappa shape index (κ1) is 17.0. The molecule has 3 aliphatic heterocycles. The van der Waals surface area contributed by atoms with Crippen LogP contribution in [0.15, 0.2) is 12.4 Å². The predicted molar refractivity (Wildman–Crippen MR) is 88.0 cm³/mol. The highest BCUT2D eigenvalue weighted by molar-refractivity contribution is 5.92. The summed E-state index contributed by atoms with van der Waals surface area (Å²) in [6.45, 7) is 2.28. The number of likely N-dealkylation sites (tertiary alicyclic amines) is 1. The fourth-order valence-electron chi connectivity index (χ4n) is 4.66. The molecule has 3 N–H and O–H groups in total. The van der Waals surface area contributed by atoms with Gasteiger partial charge in [0.15, 0.2) is 0 Å². The smallest absolute Gasteiger partial charge is 0.407 e. The van der Waals surface area contributed by atoms with Crippen molar-refractivity contribution in [1.29, 1.82) is 0 Å². The molecule has 1 aromatic rings. The lowest BCUT2D eigenvalue weighted by molar-refractivity contribution is -0.00141. The molecule has 4 heterocycles. The van der Waals surface area contributed by atoms with E-state index >= 15 is 0 Å². The number of nitrogens with one attached hydrogen (secondary N) is 1. The quantitative estimate of drug-likeness (QED) is 0.518. The van der Waals surface area contributed by atoms with Gasteiger partial charge in [-0.2, -0.15) is 0 Å². The molecule has 4 rings (SSSR count). The first-order valence-corrected chi connectivity index (χ1v) is 8.66. The van der Waals surface area contributed by atoms with E-state index < -0.39 is 17.5 Å². The fraction of sp³-hybridized carbons (Fsp3) is 0.625. The Morgan fingerprint density at radius 1 is 1.27 bits per heavy atom. The number of hydrogen-bond acceptors (Lipinski definition) is 7. The predicted octanol–water partition coefficient (Wildman–Crippen LogP) is 0.333. The van der Waals surface area contributed by atoms with Crippen molar-refractivity contribution in [2.75, 3.05) is 31.2 Å². The Morgan fingerprint density at radius 3 is 2.58 bits per heavy atom. The lowest BCUT2D eigenvalue weighted by Crippen LogP contribution is -2.60. The molecule has 0 unspecified atom stereocenters. The van der Waals surface area contributed by atoms with Gasteiger partial charge in [0.05, 0.1) is 17.1 Å². The molecular formula is C16H21N5O5. The van der Waals surface area contributed by atoms with Crippen molar-refractivity contribution in [3.8, 4) is 0 Å². The summed E-state index contributed by atoms with van der Waals surface area (Å²) in [7, 11) is 0. The number of anilines is 1. The maximum Gasteiger partial charge on any atom is 0.407 e. The number of hydroxylamine groups is 1. The summed E-state index contributed by atoms with van der Waals surface area (Å²) in [5.74, 6) is 0.0560. The second kappa shape index (κ2) is 6.36. The van der Waals surface area contributed by atoms with Crippen LogP contribution in [-0.2, 0) is 4.74 Å². The highest BCUT2D eigenvalue weighted by atomic mass is 16.5. The van der Waals surface area contributed by atoms with Gasteiger partial charge >= 0.3 is 6.09 Å². The topological polar surface area (TPSA) is 128 Å². The number of piperazine rings is 1. The van der Waals surface area contributed by atoms with Crippen molar-refractivity contribution in [2.24, 2.45) is 5.92 Å². The lowest BCUT2D eigenvalue weighted by atomic mass is 9.78. The van der Waals surface area contributed by atoms with E-state index in [1.54, 1.807) is 10.4 Å². The molecule has 2 atom stereocenters. The highest BCUT2D eigenvalue weighted by Crippen LogP contribution is 2.48. The van der Waals surface area contributed by atoms with Gasteiger partial charge in [0.25, 0.3) is 5.91 Å². The Morgan fingerprint density at radius 2 is 1.96 bits per heavy atom. The van der Waals surface area contributed by atoms with E-state index in [0.717, 1.165) is 19.3 Å². The molecule has 2 bridgehead atoms. The van der Waals surface area contributed by atoms with Gasteiger partial charge in [-0.1, -0.05) is 0 Å². The van der Waals surface area contributed by atoms with E-state index in [9.17, 15) is 14.7 Å². The molecule has 2 amide bonds. The van der Waals surface area contributed by atoms with E-state index in [1.165, 1.54) is 12.4 Å². The summed E-state index contributed by atoms with van der Waals surface area (Å²) in [6.07, 6.45) is 4.29. The number of amides is 2. The minimum Gasteiger partial charge on any atom is -0.465 e. The monoisotopic (exact) mass is 363 g/mol. The molecular weight excluding hydrogens is 342 g/mol. The van der Waals surface area contributed by atoms with Crippen molar-refractivity contribution in [1.82, 2.24) is 20.3 Å². The number of carbonyl (C=O) groups excluding carboxylic acids is 1. The Hall–Kier alpha value is -2.46. The number of rotatable bonds is 3. The summed E-state index contributed by atoms with van der Waals surface area (Å²) >= 11 is 0. The first-order valence-electron chi connectivity index (χ1n) is 8.66. The Balaban J connectivity index is 1.59. The van der Waals surface area contributed by atoms with Gasteiger partial charge in [0.1, 0.15) is 0 Å². The maximum atomic E-state index is 11.8. The average molecular weight is 363 g/mol. The number of aromatic nitrogens is 2. The van der Waals surface area contributed by atoms with Crippen molar-refractivity contribution < 1.29 is 24.6 Å². The summed E-state index contributed by atoms with van der Waals surface area (Å²) < 4.78 is 5.45. The minimum atomic E-state index is -0.880. The number of carboxylic acid groups (broad SMARTS) is 1. The normalized spacial score (nSPS) is 28.4. The van der Waals surface area contributed by atoms with Crippen LogP contribution in [0.3, 0.4) is 0 Å². The third-order valence-electron chi connectivity index (χ3n) is 5.88. The number of nitrogens with zero attached hydrogens (tertiary/aromatic N) is 4. The first-order chi connectivity index (χ1) is 12.5. The average Bonchev–Trinajstić information content (AvgIpc) is 3.25. The van der Waals surface area contributed by atoms with Crippen LogP contribution < -0.4 is 10.4 Å². The SMILES string of the molecule is O=C(NO)c1cnc(N2C[C@@]3(C4CCOCC4)C[C@H]2CN3C(=O)O)nc1. The standard InChI is InChI=1S/C16H21N5O5/c22-13(19-25)10-6-17-14(18-7-10)20-9-16(11-1-3-26-4-2-11)5-12(20)8-21(16)15(23)24/h6-7,11-12,25H,1-5,8-9H2,(H,19,22)(H,23,24)/t12-,16+/m0/s1. The molecule has 10 nitrogen and oxygen atoms in total. The molecule has 3 fully saturated rings. The largest absolute Gasteiger partial charge is 0.465 e. The fourth-order valence-corrected chi connectivity index (χ4v) is 4.66. The number of hydrogen-bond donors (Lipinski definition) is 3. The zero-order chi connectivity index (χ0) is 18.3. The van der Waals surface area contributed by atoms with E-state index in [4.69, 9.17) is 9.94 Å². The second-order valence-corrected chi connectivity index (χ2v) is 7.08. The molecule has 140 valence electrons. The van der Waals surface area contributed by atoms with Crippen molar-refractivity contribution in [3.05, 3.63) is 18.0 Å². The summed E-state index contributed by atoms with van der Waals surface area (Å²) in [6, 6.07) is 0.0199. The zero-order valence-electron chi connectivity index (χ0n) is 14.2. The van der Waals surface area contributed by atoms with E-state index in [2.05, 4.69) is 9.97 Å². The van der Waals surface area contributed by atoms with Gasteiger partial charge < -0.3 is 14.7 Å². The molecule has 0 aliphatic carbocycles. The molecule has 3 aliphatic rings. The van der Waals surface area contributed by atoms with E-state index in [1.807, 2.05) is 4.90 Å². The van der Waals surface area contributed by atoms with E-state index in [0.29, 0.717) is 32.3 Å². The maximum absolute atomic E-state index is 11.8. The van der Waals surface area contributed by atoms with Gasteiger partial charge in [-0.25, -0.2) is 20.2 Å². The van der Waals surface area contributed by atoms with Crippen LogP contribution in [0.2, 0.25) is 0 Å². The minimum absolute atomic E-state index is 0.0199. The molecule has 0 aromatic carbocycles. The molecule has 26 heavy (non-hydrogen) atoms. The van der Waals surface area contributed by atoms with Crippen LogP contribution in [0.25, 0.3) is 0 Å². The second-order valence-electron chi connectivity index (χ2n) is 7.08. The van der Waals surface area contributed by atoms with Crippen LogP contribution in [0.1, 0.15) is 29.6 Å². The Kier molecular flexibility index (Phi) is 4.16.